The third kappa shape index (κ3) is 4.04. The van der Waals surface area contributed by atoms with E-state index in [-0.39, 0.29) is 6.10 Å². The normalized spacial score (nSPS) is 28.3. The maximum Gasteiger partial charge on any atom is 0.0568 e. The topological polar surface area (TPSA) is 33.1 Å². The molecule has 1 saturated carbocycles. The van der Waals surface area contributed by atoms with Gasteiger partial charge < -0.3 is 5.11 Å². The van der Waals surface area contributed by atoms with Crippen LogP contribution in [0.5, 0.6) is 0 Å². The van der Waals surface area contributed by atoms with Crippen molar-refractivity contribution in [1.29, 1.82) is 0 Å². The molecule has 0 aliphatic heterocycles. The van der Waals surface area contributed by atoms with Crippen molar-refractivity contribution >= 4 is 0 Å². The maximum atomic E-state index is 10.2. The minimum atomic E-state index is -0.109. The van der Waals surface area contributed by atoms with Gasteiger partial charge in [0.15, 0.2) is 0 Å². The van der Waals surface area contributed by atoms with E-state index < -0.39 is 0 Å². The van der Waals surface area contributed by atoms with Crippen LogP contribution < -0.4 is 0 Å². The van der Waals surface area contributed by atoms with Crippen molar-refractivity contribution in [2.75, 3.05) is 0 Å². The summed E-state index contributed by atoms with van der Waals surface area (Å²) >= 11 is 0. The smallest absolute Gasteiger partial charge is 0.0568 e. The largest absolute Gasteiger partial charge is 0.393 e. The highest BCUT2D eigenvalue weighted by Gasteiger charge is 2.34. The Balaban J connectivity index is 1.91. The molecular formula is C17H27NO. The summed E-state index contributed by atoms with van der Waals surface area (Å²) in [6.45, 7) is 6.97. The van der Waals surface area contributed by atoms with Crippen LogP contribution in [0.25, 0.3) is 0 Å². The molecule has 2 nitrogen and oxygen atoms in total. The fourth-order valence-electron chi connectivity index (χ4n) is 3.22. The Morgan fingerprint density at radius 3 is 2.68 bits per heavy atom. The summed E-state index contributed by atoms with van der Waals surface area (Å²) in [4.78, 5) is 4.37. The Morgan fingerprint density at radius 2 is 2.05 bits per heavy atom. The Hall–Kier alpha value is -0.890. The molecular weight excluding hydrogens is 234 g/mol. The average molecular weight is 261 g/mol. The standard InChI is InChI=1S/C17H27NO/c1-17(2,3)14-8-10-16(19)13(12-14)7-9-15-6-4-5-11-18-15/h4-6,11,13-14,16,19H,7-10,12H2,1-3H3. The van der Waals surface area contributed by atoms with E-state index in [4.69, 9.17) is 0 Å². The lowest BCUT2D eigenvalue weighted by atomic mass is 9.67. The Bertz CT molecular complexity index is 382. The molecule has 106 valence electrons. The SMILES string of the molecule is CC(C)(C)C1CCC(O)C(CCc2ccccn2)C1. The quantitative estimate of drug-likeness (QED) is 0.897. The van der Waals surface area contributed by atoms with Gasteiger partial charge in [-0.05, 0) is 61.5 Å². The molecule has 1 aromatic rings. The molecule has 0 bridgehead atoms. The lowest BCUT2D eigenvalue weighted by molar-refractivity contribution is 0.0159. The van der Waals surface area contributed by atoms with Crippen molar-refractivity contribution in [3.05, 3.63) is 30.1 Å². The summed E-state index contributed by atoms with van der Waals surface area (Å²) in [5, 5.41) is 10.2. The van der Waals surface area contributed by atoms with Crippen LogP contribution in [-0.4, -0.2) is 16.2 Å². The lowest BCUT2D eigenvalue weighted by Crippen LogP contribution is -2.34. The van der Waals surface area contributed by atoms with Gasteiger partial charge in [-0.15, -0.1) is 0 Å². The highest BCUT2D eigenvalue weighted by molar-refractivity contribution is 5.03. The zero-order valence-corrected chi connectivity index (χ0v) is 12.5. The fourth-order valence-corrected chi connectivity index (χ4v) is 3.22. The van der Waals surface area contributed by atoms with Crippen LogP contribution in [-0.2, 0) is 6.42 Å². The number of nitrogens with zero attached hydrogens (tertiary/aromatic N) is 1. The van der Waals surface area contributed by atoms with Gasteiger partial charge in [0, 0.05) is 11.9 Å². The zero-order valence-electron chi connectivity index (χ0n) is 12.5. The summed E-state index contributed by atoms with van der Waals surface area (Å²) in [6.07, 6.45) is 7.09. The first-order valence-corrected chi connectivity index (χ1v) is 7.55. The van der Waals surface area contributed by atoms with Gasteiger partial charge in [-0.25, -0.2) is 0 Å². The van der Waals surface area contributed by atoms with Crippen molar-refractivity contribution in [1.82, 2.24) is 4.98 Å². The molecule has 1 aliphatic rings. The van der Waals surface area contributed by atoms with Crippen LogP contribution in [0.2, 0.25) is 0 Å². The van der Waals surface area contributed by atoms with Gasteiger partial charge in [0.2, 0.25) is 0 Å². The molecule has 0 radical (unpaired) electrons. The molecule has 3 atom stereocenters. The van der Waals surface area contributed by atoms with Gasteiger partial charge >= 0.3 is 0 Å². The molecule has 2 rings (SSSR count). The average Bonchev–Trinajstić information content (AvgIpc) is 2.37. The molecule has 19 heavy (non-hydrogen) atoms. The number of aliphatic hydroxyl groups excluding tert-OH is 1. The summed E-state index contributed by atoms with van der Waals surface area (Å²) < 4.78 is 0. The van der Waals surface area contributed by atoms with E-state index >= 15 is 0 Å². The number of aliphatic hydroxyl groups is 1. The molecule has 1 heterocycles. The monoisotopic (exact) mass is 261 g/mol. The van der Waals surface area contributed by atoms with E-state index in [0.29, 0.717) is 11.3 Å². The first-order chi connectivity index (χ1) is 8.97. The summed E-state index contributed by atoms with van der Waals surface area (Å²) in [7, 11) is 0. The number of pyridine rings is 1. The van der Waals surface area contributed by atoms with E-state index in [2.05, 4.69) is 31.8 Å². The number of aromatic nitrogens is 1. The number of hydrogen-bond acceptors (Lipinski definition) is 2. The Morgan fingerprint density at radius 1 is 1.26 bits per heavy atom. The molecule has 1 N–H and O–H groups in total. The second-order valence-corrected chi connectivity index (χ2v) is 7.06. The van der Waals surface area contributed by atoms with Gasteiger partial charge in [-0.2, -0.15) is 0 Å². The number of hydrogen-bond donors (Lipinski definition) is 1. The third-order valence-electron chi connectivity index (χ3n) is 4.66. The zero-order chi connectivity index (χ0) is 13.9. The van der Waals surface area contributed by atoms with Gasteiger partial charge in [-0.3, -0.25) is 4.98 Å². The van der Waals surface area contributed by atoms with Crippen LogP contribution in [0.1, 0.15) is 52.1 Å². The molecule has 1 fully saturated rings. The van der Waals surface area contributed by atoms with Crippen LogP contribution in [0, 0.1) is 17.3 Å². The van der Waals surface area contributed by atoms with Crippen molar-refractivity contribution in [3.8, 4) is 0 Å². The summed E-state index contributed by atoms with van der Waals surface area (Å²) in [5.74, 6) is 1.18. The predicted octanol–water partition coefficient (Wildman–Crippen LogP) is 3.84. The molecule has 2 heteroatoms. The molecule has 3 unspecified atom stereocenters. The lowest BCUT2D eigenvalue weighted by Gasteiger charge is -2.40. The van der Waals surface area contributed by atoms with E-state index in [9.17, 15) is 5.11 Å². The first kappa shape index (κ1) is 14.5. The fraction of sp³-hybridized carbons (Fsp3) is 0.706. The van der Waals surface area contributed by atoms with E-state index in [1.165, 1.54) is 6.42 Å². The molecule has 1 aliphatic carbocycles. The Kier molecular flexibility index (Phi) is 4.62. The Labute approximate surface area is 117 Å². The molecule has 0 amide bonds. The molecule has 1 aromatic heterocycles. The van der Waals surface area contributed by atoms with Crippen LogP contribution in [0.3, 0.4) is 0 Å². The van der Waals surface area contributed by atoms with E-state index in [1.54, 1.807) is 0 Å². The number of aryl methyl sites for hydroxylation is 1. The van der Waals surface area contributed by atoms with E-state index in [0.717, 1.165) is 37.3 Å². The van der Waals surface area contributed by atoms with E-state index in [1.807, 2.05) is 18.3 Å². The van der Waals surface area contributed by atoms with Crippen LogP contribution in [0.15, 0.2) is 24.4 Å². The van der Waals surface area contributed by atoms with Crippen LogP contribution >= 0.6 is 0 Å². The van der Waals surface area contributed by atoms with Gasteiger partial charge in [-0.1, -0.05) is 26.8 Å². The summed E-state index contributed by atoms with van der Waals surface area (Å²) in [6, 6.07) is 6.07. The van der Waals surface area contributed by atoms with Crippen molar-refractivity contribution in [2.45, 2.75) is 59.0 Å². The van der Waals surface area contributed by atoms with Gasteiger partial charge in [0.05, 0.1) is 6.10 Å². The number of rotatable bonds is 3. The minimum absolute atomic E-state index is 0.109. The second-order valence-electron chi connectivity index (χ2n) is 7.06. The molecule has 0 aromatic carbocycles. The molecule has 0 saturated heterocycles. The third-order valence-corrected chi connectivity index (χ3v) is 4.66. The predicted molar refractivity (Wildman–Crippen MR) is 78.9 cm³/mol. The molecule has 0 spiro atoms. The highest BCUT2D eigenvalue weighted by atomic mass is 16.3. The first-order valence-electron chi connectivity index (χ1n) is 7.55. The van der Waals surface area contributed by atoms with Gasteiger partial charge in [0.25, 0.3) is 0 Å². The van der Waals surface area contributed by atoms with Crippen molar-refractivity contribution in [2.24, 2.45) is 17.3 Å². The van der Waals surface area contributed by atoms with Crippen molar-refractivity contribution < 1.29 is 5.11 Å². The summed E-state index contributed by atoms with van der Waals surface area (Å²) in [5.41, 5.74) is 1.51. The van der Waals surface area contributed by atoms with Crippen LogP contribution in [0.4, 0.5) is 0 Å². The van der Waals surface area contributed by atoms with Crippen molar-refractivity contribution in [3.63, 3.8) is 0 Å². The maximum absolute atomic E-state index is 10.2. The van der Waals surface area contributed by atoms with Gasteiger partial charge in [0.1, 0.15) is 0 Å². The highest BCUT2D eigenvalue weighted by Crippen LogP contribution is 2.41. The second kappa shape index (κ2) is 6.04. The minimum Gasteiger partial charge on any atom is -0.393 e.